The fourth-order valence-corrected chi connectivity index (χ4v) is 0.659. The first-order chi connectivity index (χ1) is 7.05. The first kappa shape index (κ1) is 17.5. The molecule has 0 radical (unpaired) electrons. The summed E-state index contributed by atoms with van der Waals surface area (Å²) in [5, 5.41) is 42.3. The van der Waals surface area contributed by atoms with Crippen molar-refractivity contribution in [3.05, 3.63) is 0 Å². The lowest BCUT2D eigenvalue weighted by Crippen LogP contribution is -2.32. The molecule has 0 saturated carbocycles. The molecule has 0 saturated heterocycles. The summed E-state index contributed by atoms with van der Waals surface area (Å²) >= 11 is 3.69. The second-order valence-electron chi connectivity index (χ2n) is 3.35. The molecule has 0 heterocycles. The van der Waals surface area contributed by atoms with Crippen LogP contribution in [0, 0.1) is 5.41 Å². The summed E-state index contributed by atoms with van der Waals surface area (Å²) in [6.45, 7) is 1.16. The van der Waals surface area contributed by atoms with E-state index in [1.54, 1.807) is 0 Å². The molecule has 0 amide bonds. The van der Waals surface area contributed by atoms with E-state index in [-0.39, 0.29) is 26.4 Å². The van der Waals surface area contributed by atoms with Crippen LogP contribution in [-0.4, -0.2) is 63.8 Å². The fraction of sp³-hybridized carbons (Fsp3) is 1.00. The third kappa shape index (κ3) is 8.01. The van der Waals surface area contributed by atoms with Crippen molar-refractivity contribution >= 4 is 12.6 Å². The Morgan fingerprint density at radius 1 is 1.07 bits per heavy atom. The van der Waals surface area contributed by atoms with Crippen LogP contribution in [-0.2, 0) is 0 Å². The molecule has 0 fully saturated rings. The summed E-state index contributed by atoms with van der Waals surface area (Å²) in [6.07, 6.45) is -0.0513. The minimum Gasteiger partial charge on any atom is -0.396 e. The van der Waals surface area contributed by atoms with E-state index in [2.05, 4.69) is 12.6 Å². The molecule has 0 aromatic carbocycles. The summed E-state index contributed by atoms with van der Waals surface area (Å²) in [6, 6.07) is 0. The molecular weight excluding hydrogens is 220 g/mol. The Morgan fingerprint density at radius 2 is 1.47 bits per heavy atom. The molecule has 94 valence electrons. The maximum Gasteiger partial charge on any atom is 0.0858 e. The van der Waals surface area contributed by atoms with Gasteiger partial charge in [-0.2, -0.15) is 12.6 Å². The van der Waals surface area contributed by atoms with Crippen molar-refractivity contribution in [1.29, 1.82) is 0 Å². The SMILES string of the molecule is CCC(CO)(CO)CO.OCC(O)CS. The van der Waals surface area contributed by atoms with Gasteiger partial charge in [-0.25, -0.2) is 0 Å². The van der Waals surface area contributed by atoms with E-state index in [1.807, 2.05) is 6.92 Å². The highest BCUT2D eigenvalue weighted by molar-refractivity contribution is 7.80. The maximum atomic E-state index is 8.66. The van der Waals surface area contributed by atoms with Crippen molar-refractivity contribution < 1.29 is 25.5 Å². The van der Waals surface area contributed by atoms with Gasteiger partial charge >= 0.3 is 0 Å². The van der Waals surface area contributed by atoms with Crippen LogP contribution >= 0.6 is 12.6 Å². The fourth-order valence-electron chi connectivity index (χ4n) is 0.543. The number of hydrogen-bond donors (Lipinski definition) is 6. The van der Waals surface area contributed by atoms with Crippen molar-refractivity contribution in [3.63, 3.8) is 0 Å². The molecule has 0 aliphatic heterocycles. The molecule has 0 aliphatic carbocycles. The zero-order chi connectivity index (χ0) is 12.3. The Hall–Kier alpha value is 0.150. The topological polar surface area (TPSA) is 101 Å². The molecule has 15 heavy (non-hydrogen) atoms. The molecule has 1 unspecified atom stereocenters. The lowest BCUT2D eigenvalue weighted by Gasteiger charge is -2.24. The van der Waals surface area contributed by atoms with Gasteiger partial charge in [0.1, 0.15) is 0 Å². The zero-order valence-electron chi connectivity index (χ0n) is 9.00. The largest absolute Gasteiger partial charge is 0.396 e. The summed E-state index contributed by atoms with van der Waals surface area (Å²) in [4.78, 5) is 0. The second kappa shape index (κ2) is 10.7. The van der Waals surface area contributed by atoms with Gasteiger partial charge in [0, 0.05) is 11.2 Å². The molecule has 0 aromatic heterocycles. The lowest BCUT2D eigenvalue weighted by atomic mass is 9.88. The highest BCUT2D eigenvalue weighted by atomic mass is 32.1. The van der Waals surface area contributed by atoms with Gasteiger partial charge in [-0.05, 0) is 6.42 Å². The van der Waals surface area contributed by atoms with Gasteiger partial charge in [-0.15, -0.1) is 0 Å². The Balaban J connectivity index is 0. The van der Waals surface area contributed by atoms with E-state index < -0.39 is 11.5 Å². The van der Waals surface area contributed by atoms with Gasteiger partial charge in [0.05, 0.1) is 32.5 Å². The van der Waals surface area contributed by atoms with Crippen LogP contribution in [0.25, 0.3) is 0 Å². The van der Waals surface area contributed by atoms with E-state index in [9.17, 15) is 0 Å². The Bertz CT molecular complexity index is 108. The Morgan fingerprint density at radius 3 is 1.47 bits per heavy atom. The van der Waals surface area contributed by atoms with Crippen molar-refractivity contribution in [2.75, 3.05) is 32.2 Å². The van der Waals surface area contributed by atoms with Gasteiger partial charge in [0.25, 0.3) is 0 Å². The second-order valence-corrected chi connectivity index (χ2v) is 3.71. The average molecular weight is 242 g/mol. The highest BCUT2D eigenvalue weighted by Gasteiger charge is 2.24. The summed E-state index contributed by atoms with van der Waals surface area (Å²) in [5.41, 5.74) is -0.667. The summed E-state index contributed by atoms with van der Waals surface area (Å²) in [5.74, 6) is 0.330. The Labute approximate surface area is 95.8 Å². The first-order valence-electron chi connectivity index (χ1n) is 4.78. The van der Waals surface area contributed by atoms with E-state index in [1.165, 1.54) is 0 Å². The van der Waals surface area contributed by atoms with Gasteiger partial charge in [0.2, 0.25) is 0 Å². The third-order valence-electron chi connectivity index (χ3n) is 2.18. The minimum atomic E-state index is -0.667. The number of aliphatic hydroxyl groups is 5. The van der Waals surface area contributed by atoms with E-state index in [0.717, 1.165) is 0 Å². The predicted molar refractivity (Wildman–Crippen MR) is 60.9 cm³/mol. The number of hydrogen-bond acceptors (Lipinski definition) is 6. The zero-order valence-corrected chi connectivity index (χ0v) is 9.90. The van der Waals surface area contributed by atoms with Crippen molar-refractivity contribution in [2.45, 2.75) is 19.4 Å². The number of rotatable bonds is 6. The third-order valence-corrected chi connectivity index (χ3v) is 2.60. The highest BCUT2D eigenvalue weighted by Crippen LogP contribution is 2.18. The van der Waals surface area contributed by atoms with Gasteiger partial charge in [-0.1, -0.05) is 6.92 Å². The molecule has 0 spiro atoms. The van der Waals surface area contributed by atoms with Crippen LogP contribution in [0.15, 0.2) is 0 Å². The molecular formula is C9H22O5S. The van der Waals surface area contributed by atoms with E-state index in [0.29, 0.717) is 12.2 Å². The number of thiol groups is 1. The monoisotopic (exact) mass is 242 g/mol. The molecule has 0 rings (SSSR count). The van der Waals surface area contributed by atoms with Crippen molar-refractivity contribution in [1.82, 2.24) is 0 Å². The van der Waals surface area contributed by atoms with Crippen LogP contribution in [0.1, 0.15) is 13.3 Å². The molecule has 1 atom stereocenters. The molecule has 5 nitrogen and oxygen atoms in total. The van der Waals surface area contributed by atoms with Gasteiger partial charge < -0.3 is 25.5 Å². The van der Waals surface area contributed by atoms with Crippen molar-refractivity contribution in [2.24, 2.45) is 5.41 Å². The Kier molecular flexibility index (Phi) is 12.5. The van der Waals surface area contributed by atoms with E-state index >= 15 is 0 Å². The maximum absolute atomic E-state index is 8.66. The van der Waals surface area contributed by atoms with Gasteiger partial charge in [0.15, 0.2) is 0 Å². The standard InChI is InChI=1S/C6H14O3.C3H8O2S/c1-2-6(3-7,4-8)5-9;4-1-3(5)2-6/h7-9H,2-5H2,1H3;3-6H,1-2H2. The molecule has 5 N–H and O–H groups in total. The molecule has 6 heteroatoms. The molecule has 0 bridgehead atoms. The molecule has 0 aromatic rings. The van der Waals surface area contributed by atoms with Gasteiger partial charge in [-0.3, -0.25) is 0 Å². The lowest BCUT2D eigenvalue weighted by molar-refractivity contribution is 0.00304. The van der Waals surface area contributed by atoms with Crippen LogP contribution in [0.5, 0.6) is 0 Å². The van der Waals surface area contributed by atoms with Crippen LogP contribution < -0.4 is 0 Å². The summed E-state index contributed by atoms with van der Waals surface area (Å²) in [7, 11) is 0. The van der Waals surface area contributed by atoms with E-state index in [4.69, 9.17) is 25.5 Å². The minimum absolute atomic E-state index is 0.156. The molecule has 0 aliphatic rings. The average Bonchev–Trinajstić information content (AvgIpc) is 2.32. The predicted octanol–water partition coefficient (Wildman–Crippen LogP) is -1.37. The van der Waals surface area contributed by atoms with Crippen molar-refractivity contribution in [3.8, 4) is 0 Å². The summed E-state index contributed by atoms with van der Waals surface area (Å²) < 4.78 is 0. The number of aliphatic hydroxyl groups excluding tert-OH is 5. The first-order valence-corrected chi connectivity index (χ1v) is 5.41. The van der Waals surface area contributed by atoms with Crippen LogP contribution in [0.4, 0.5) is 0 Å². The normalized spacial score (nSPS) is 13.0. The smallest absolute Gasteiger partial charge is 0.0858 e. The quantitative estimate of drug-likeness (QED) is 0.323. The van der Waals surface area contributed by atoms with Crippen LogP contribution in [0.3, 0.4) is 0 Å². The van der Waals surface area contributed by atoms with Crippen LogP contribution in [0.2, 0.25) is 0 Å².